The van der Waals surface area contributed by atoms with Crippen molar-refractivity contribution in [1.82, 2.24) is 20.2 Å². The average Bonchev–Trinajstić information content (AvgIpc) is 2.96. The largest absolute Gasteiger partial charge is 0.351 e. The van der Waals surface area contributed by atoms with Gasteiger partial charge in [-0.05, 0) is 24.8 Å². The average molecular weight is 345 g/mol. The first kappa shape index (κ1) is 17.6. The summed E-state index contributed by atoms with van der Waals surface area (Å²) in [6.45, 7) is 7.06. The first-order valence-electron chi connectivity index (χ1n) is 9.13. The molecule has 3 rings (SSSR count). The lowest BCUT2D eigenvalue weighted by atomic mass is 10.0. The molecule has 1 aromatic heterocycles. The van der Waals surface area contributed by atoms with Gasteiger partial charge in [-0.2, -0.15) is 0 Å². The van der Waals surface area contributed by atoms with Crippen LogP contribution in [0.5, 0.6) is 0 Å². The Morgan fingerprint density at radius 3 is 2.80 bits per heavy atom. The first-order valence-corrected chi connectivity index (χ1v) is 9.13. The van der Waals surface area contributed by atoms with Crippen molar-refractivity contribution in [3.05, 3.63) is 18.5 Å². The highest BCUT2D eigenvalue weighted by molar-refractivity contribution is 5.89. The number of nitrogens with zero attached hydrogens (tertiary/aromatic N) is 4. The quantitative estimate of drug-likeness (QED) is 0.863. The van der Waals surface area contributed by atoms with Crippen molar-refractivity contribution in [1.29, 1.82) is 0 Å². The zero-order chi connectivity index (χ0) is 17.8. The fourth-order valence-electron chi connectivity index (χ4n) is 3.62. The van der Waals surface area contributed by atoms with Crippen LogP contribution in [-0.4, -0.2) is 58.9 Å². The van der Waals surface area contributed by atoms with Gasteiger partial charge in [-0.25, -0.2) is 9.97 Å². The Morgan fingerprint density at radius 1 is 1.32 bits per heavy atom. The minimum absolute atomic E-state index is 0.000404. The molecule has 25 heavy (non-hydrogen) atoms. The maximum Gasteiger partial charge on any atom is 0.225 e. The van der Waals surface area contributed by atoms with Crippen molar-refractivity contribution in [2.24, 2.45) is 11.8 Å². The van der Waals surface area contributed by atoms with E-state index in [4.69, 9.17) is 0 Å². The van der Waals surface area contributed by atoms with Crippen molar-refractivity contribution in [2.75, 3.05) is 31.1 Å². The lowest BCUT2D eigenvalue weighted by molar-refractivity contribution is -0.129. The summed E-state index contributed by atoms with van der Waals surface area (Å²) in [7, 11) is 0. The molecule has 2 aliphatic rings. The number of carbonyl (C=O) groups is 2. The van der Waals surface area contributed by atoms with Gasteiger partial charge in [0.25, 0.3) is 0 Å². The molecule has 1 aromatic rings. The van der Waals surface area contributed by atoms with Crippen LogP contribution in [0.3, 0.4) is 0 Å². The van der Waals surface area contributed by atoms with Gasteiger partial charge < -0.3 is 15.1 Å². The zero-order valence-electron chi connectivity index (χ0n) is 15.0. The van der Waals surface area contributed by atoms with E-state index in [1.165, 1.54) is 0 Å². The Bertz CT molecular complexity index is 607. The fourth-order valence-corrected chi connectivity index (χ4v) is 3.62. The molecule has 0 aromatic carbocycles. The number of likely N-dealkylation sites (tertiary alicyclic amines) is 1. The molecule has 7 heteroatoms. The standard InChI is InChI=1S/C18H27N5O2/c1-13(2)10-23-11-14(9-16(23)24)17(25)21-15-5-3-8-22(12-15)18-19-6-4-7-20-18/h4,6-7,13-15H,3,5,8-12H2,1-2H3,(H,21,25)/t14-,15-/m0/s1. The monoisotopic (exact) mass is 345 g/mol. The van der Waals surface area contributed by atoms with Gasteiger partial charge in [0.15, 0.2) is 0 Å². The van der Waals surface area contributed by atoms with Gasteiger partial charge in [0.05, 0.1) is 5.92 Å². The Balaban J connectivity index is 1.53. The third-order valence-electron chi connectivity index (χ3n) is 4.77. The Hall–Kier alpha value is -2.18. The van der Waals surface area contributed by atoms with Crippen LogP contribution in [0.1, 0.15) is 33.1 Å². The molecule has 0 unspecified atom stereocenters. The molecule has 2 atom stereocenters. The second kappa shape index (κ2) is 7.80. The summed E-state index contributed by atoms with van der Waals surface area (Å²) in [5, 5.41) is 3.14. The summed E-state index contributed by atoms with van der Waals surface area (Å²) in [5.41, 5.74) is 0. The Labute approximate surface area is 148 Å². The van der Waals surface area contributed by atoms with Crippen LogP contribution in [0, 0.1) is 11.8 Å². The van der Waals surface area contributed by atoms with E-state index in [0.717, 1.165) is 25.9 Å². The van der Waals surface area contributed by atoms with E-state index in [0.29, 0.717) is 31.4 Å². The molecule has 7 nitrogen and oxygen atoms in total. The van der Waals surface area contributed by atoms with Gasteiger partial charge in [0, 0.05) is 51.0 Å². The van der Waals surface area contributed by atoms with Crippen molar-refractivity contribution >= 4 is 17.8 Å². The molecule has 0 bridgehead atoms. The zero-order valence-corrected chi connectivity index (χ0v) is 15.0. The highest BCUT2D eigenvalue weighted by Gasteiger charge is 2.35. The molecule has 3 heterocycles. The first-order chi connectivity index (χ1) is 12.0. The molecule has 0 saturated carbocycles. The number of carbonyl (C=O) groups excluding carboxylic acids is 2. The van der Waals surface area contributed by atoms with Gasteiger partial charge in [-0.15, -0.1) is 0 Å². The van der Waals surface area contributed by atoms with Crippen LogP contribution >= 0.6 is 0 Å². The fraction of sp³-hybridized carbons (Fsp3) is 0.667. The topological polar surface area (TPSA) is 78.4 Å². The summed E-state index contributed by atoms with van der Waals surface area (Å²) >= 11 is 0. The lowest BCUT2D eigenvalue weighted by Crippen LogP contribution is -2.50. The third-order valence-corrected chi connectivity index (χ3v) is 4.77. The molecule has 2 aliphatic heterocycles. The predicted octanol–water partition coefficient (Wildman–Crippen LogP) is 1.07. The molecule has 136 valence electrons. The summed E-state index contributed by atoms with van der Waals surface area (Å²) in [6, 6.07) is 1.88. The molecule has 1 N–H and O–H groups in total. The number of anilines is 1. The molecule has 0 spiro atoms. The highest BCUT2D eigenvalue weighted by Crippen LogP contribution is 2.21. The van der Waals surface area contributed by atoms with E-state index >= 15 is 0 Å². The minimum Gasteiger partial charge on any atom is -0.351 e. The van der Waals surface area contributed by atoms with Gasteiger partial charge in [-0.3, -0.25) is 9.59 Å². The molecule has 0 radical (unpaired) electrons. The second-order valence-electron chi connectivity index (χ2n) is 7.44. The number of hydrogen-bond donors (Lipinski definition) is 1. The van der Waals surface area contributed by atoms with Crippen LogP contribution in [-0.2, 0) is 9.59 Å². The summed E-state index contributed by atoms with van der Waals surface area (Å²) in [6.07, 6.45) is 5.74. The number of rotatable bonds is 5. The number of nitrogens with one attached hydrogen (secondary N) is 1. The van der Waals surface area contributed by atoms with Gasteiger partial charge in [-0.1, -0.05) is 13.8 Å². The third kappa shape index (κ3) is 4.46. The van der Waals surface area contributed by atoms with Gasteiger partial charge in [0.1, 0.15) is 0 Å². The SMILES string of the molecule is CC(C)CN1C[C@@H](C(=O)N[C@H]2CCCN(c3ncccn3)C2)CC1=O. The second-order valence-corrected chi connectivity index (χ2v) is 7.44. The number of piperidine rings is 1. The van der Waals surface area contributed by atoms with E-state index in [1.807, 2.05) is 4.90 Å². The normalized spacial score (nSPS) is 24.0. The molecular weight excluding hydrogens is 318 g/mol. The Morgan fingerprint density at radius 2 is 2.08 bits per heavy atom. The van der Waals surface area contributed by atoms with Crippen molar-refractivity contribution < 1.29 is 9.59 Å². The summed E-state index contributed by atoms with van der Waals surface area (Å²) in [5.74, 6) is 0.996. The van der Waals surface area contributed by atoms with E-state index in [9.17, 15) is 9.59 Å². The van der Waals surface area contributed by atoms with Crippen molar-refractivity contribution in [2.45, 2.75) is 39.2 Å². The number of hydrogen-bond acceptors (Lipinski definition) is 5. The van der Waals surface area contributed by atoms with Gasteiger partial charge >= 0.3 is 0 Å². The van der Waals surface area contributed by atoms with E-state index in [-0.39, 0.29) is 23.8 Å². The van der Waals surface area contributed by atoms with E-state index in [1.54, 1.807) is 18.5 Å². The lowest BCUT2D eigenvalue weighted by Gasteiger charge is -2.33. The molecule has 2 saturated heterocycles. The maximum absolute atomic E-state index is 12.6. The smallest absolute Gasteiger partial charge is 0.225 e. The summed E-state index contributed by atoms with van der Waals surface area (Å²) in [4.78, 5) is 37.2. The van der Waals surface area contributed by atoms with Crippen molar-refractivity contribution in [3.63, 3.8) is 0 Å². The van der Waals surface area contributed by atoms with Crippen LogP contribution in [0.4, 0.5) is 5.95 Å². The molecule has 2 fully saturated rings. The van der Waals surface area contributed by atoms with Crippen molar-refractivity contribution in [3.8, 4) is 0 Å². The molecule has 0 aliphatic carbocycles. The van der Waals surface area contributed by atoms with Crippen LogP contribution in [0.25, 0.3) is 0 Å². The van der Waals surface area contributed by atoms with Gasteiger partial charge in [0.2, 0.25) is 17.8 Å². The Kier molecular flexibility index (Phi) is 5.50. The predicted molar refractivity (Wildman–Crippen MR) is 94.9 cm³/mol. The van der Waals surface area contributed by atoms with Crippen LogP contribution in [0.2, 0.25) is 0 Å². The highest BCUT2D eigenvalue weighted by atomic mass is 16.2. The van der Waals surface area contributed by atoms with Crippen LogP contribution < -0.4 is 10.2 Å². The summed E-state index contributed by atoms with van der Waals surface area (Å²) < 4.78 is 0. The molecule has 2 amide bonds. The number of aromatic nitrogens is 2. The number of amides is 2. The maximum atomic E-state index is 12.6. The molecular formula is C18H27N5O2. The minimum atomic E-state index is -0.227. The van der Waals surface area contributed by atoms with Crippen LogP contribution in [0.15, 0.2) is 18.5 Å². The van der Waals surface area contributed by atoms with E-state index in [2.05, 4.69) is 34.0 Å². The van der Waals surface area contributed by atoms with E-state index < -0.39 is 0 Å².